The first-order valence-electron chi connectivity index (χ1n) is 9.50. The highest BCUT2D eigenvalue weighted by atomic mass is 16.6. The van der Waals surface area contributed by atoms with E-state index in [4.69, 9.17) is 20.7 Å². The van der Waals surface area contributed by atoms with E-state index in [1.54, 1.807) is 19.1 Å². The van der Waals surface area contributed by atoms with Gasteiger partial charge < -0.3 is 20.3 Å². The van der Waals surface area contributed by atoms with Gasteiger partial charge in [0.15, 0.2) is 0 Å². The number of benzene rings is 1. The fourth-order valence-corrected chi connectivity index (χ4v) is 3.26. The van der Waals surface area contributed by atoms with Gasteiger partial charge in [0.1, 0.15) is 30.7 Å². The van der Waals surface area contributed by atoms with Crippen molar-refractivity contribution >= 4 is 5.97 Å². The van der Waals surface area contributed by atoms with Gasteiger partial charge in [0, 0.05) is 23.1 Å². The molecule has 12 nitrogen and oxygen atoms in total. The summed E-state index contributed by atoms with van der Waals surface area (Å²) < 4.78 is 12.2. The number of azide groups is 1. The molecule has 12 heteroatoms. The second-order valence-corrected chi connectivity index (χ2v) is 7.22. The lowest BCUT2D eigenvalue weighted by atomic mass is 10.1. The van der Waals surface area contributed by atoms with Gasteiger partial charge in [0.05, 0.1) is 6.04 Å². The molecule has 31 heavy (non-hydrogen) atoms. The molecule has 0 aliphatic carbocycles. The summed E-state index contributed by atoms with van der Waals surface area (Å²) in [4.78, 5) is 40.9. The van der Waals surface area contributed by atoms with Gasteiger partial charge in [-0.2, -0.15) is 0 Å². The summed E-state index contributed by atoms with van der Waals surface area (Å²) in [5.41, 5.74) is 14.6. The topological polar surface area (TPSA) is 185 Å². The molecule has 3 rings (SSSR count). The fraction of sp³-hybridized carbons (Fsp3) is 0.421. The number of hydrogen-bond acceptors (Lipinski definition) is 8. The molecule has 2 aromatic rings. The van der Waals surface area contributed by atoms with E-state index in [1.165, 1.54) is 22.9 Å². The highest BCUT2D eigenvalue weighted by Crippen LogP contribution is 2.30. The summed E-state index contributed by atoms with van der Waals surface area (Å²) in [6.07, 6.45) is 0.148. The van der Waals surface area contributed by atoms with E-state index in [0.717, 1.165) is 5.56 Å². The number of rotatable bonds is 7. The van der Waals surface area contributed by atoms with E-state index in [-0.39, 0.29) is 25.2 Å². The van der Waals surface area contributed by atoms with Crippen molar-refractivity contribution in [2.24, 2.45) is 10.8 Å². The zero-order valence-corrected chi connectivity index (χ0v) is 16.7. The van der Waals surface area contributed by atoms with Gasteiger partial charge in [0.25, 0.3) is 5.56 Å². The number of aromatic hydroxyl groups is 1. The average molecular weight is 430 g/mol. The van der Waals surface area contributed by atoms with E-state index in [2.05, 4.69) is 15.0 Å². The maximum absolute atomic E-state index is 12.3. The number of ether oxygens (including phenoxy) is 2. The average Bonchev–Trinajstić information content (AvgIpc) is 3.13. The van der Waals surface area contributed by atoms with E-state index in [9.17, 15) is 19.5 Å². The van der Waals surface area contributed by atoms with Crippen molar-refractivity contribution in [1.29, 1.82) is 0 Å². The van der Waals surface area contributed by atoms with Crippen LogP contribution in [0.15, 0.2) is 45.2 Å². The van der Waals surface area contributed by atoms with Crippen LogP contribution in [0.1, 0.15) is 23.8 Å². The van der Waals surface area contributed by atoms with Crippen LogP contribution in [0.3, 0.4) is 0 Å². The molecule has 1 saturated heterocycles. The zero-order valence-electron chi connectivity index (χ0n) is 16.7. The van der Waals surface area contributed by atoms with Crippen LogP contribution < -0.4 is 17.0 Å². The number of aromatic nitrogens is 2. The molecule has 4 N–H and O–H groups in total. The molecule has 2 unspecified atom stereocenters. The summed E-state index contributed by atoms with van der Waals surface area (Å²) >= 11 is 0. The van der Waals surface area contributed by atoms with Crippen LogP contribution in [-0.4, -0.2) is 45.4 Å². The predicted octanol–water partition coefficient (Wildman–Crippen LogP) is 0.630. The molecule has 4 atom stereocenters. The zero-order chi connectivity index (χ0) is 22.5. The standard InChI is InChI=1S/C19H22N6O6/c1-10-8-25(19(29)22-17(10)27)16-7-14(23-24-21)15(31-16)9-30-18(28)13(20)6-11-2-4-12(26)5-3-11/h2-5,8,13-16,26H,6-7,9,20H2,1H3,(H,22,27,29)/t13?,14?,15-,16-/m1/s1. The Kier molecular flexibility index (Phi) is 6.75. The molecule has 0 saturated carbocycles. The maximum Gasteiger partial charge on any atom is 0.330 e. The number of carbonyl (C=O) groups is 1. The van der Waals surface area contributed by atoms with E-state index in [0.29, 0.717) is 5.56 Å². The Balaban J connectivity index is 1.64. The van der Waals surface area contributed by atoms with Crippen LogP contribution in [-0.2, 0) is 20.7 Å². The Morgan fingerprint density at radius 3 is 2.84 bits per heavy atom. The normalized spacial score (nSPS) is 21.3. The molecule has 164 valence electrons. The second kappa shape index (κ2) is 9.47. The molecule has 0 amide bonds. The van der Waals surface area contributed by atoms with Gasteiger partial charge in [-0.15, -0.1) is 0 Å². The van der Waals surface area contributed by atoms with Crippen molar-refractivity contribution in [2.75, 3.05) is 6.61 Å². The molecule has 0 bridgehead atoms. The molecule has 0 spiro atoms. The van der Waals surface area contributed by atoms with E-state index < -0.39 is 41.6 Å². The Bertz CT molecular complexity index is 1100. The lowest BCUT2D eigenvalue weighted by molar-refractivity contribution is -0.150. The maximum atomic E-state index is 12.3. The van der Waals surface area contributed by atoms with E-state index in [1.807, 2.05) is 0 Å². The van der Waals surface area contributed by atoms with Crippen molar-refractivity contribution < 1.29 is 19.4 Å². The number of aryl methyl sites for hydroxylation is 1. The van der Waals surface area contributed by atoms with Crippen molar-refractivity contribution in [1.82, 2.24) is 9.55 Å². The number of carbonyl (C=O) groups excluding carboxylic acids is 1. The SMILES string of the molecule is Cc1cn([C@H]2CC(N=[N+]=[N-])[C@@H](COC(=O)C(N)Cc3ccc(O)cc3)O2)c(=O)[nH]c1=O. The minimum Gasteiger partial charge on any atom is -0.508 e. The van der Waals surface area contributed by atoms with Gasteiger partial charge in [-0.1, -0.05) is 17.2 Å². The number of phenolic OH excluding ortho intramolecular Hbond substituents is 1. The predicted molar refractivity (Wildman–Crippen MR) is 108 cm³/mol. The number of nitrogens with zero attached hydrogens (tertiary/aromatic N) is 4. The highest BCUT2D eigenvalue weighted by Gasteiger charge is 2.37. The molecule has 1 aromatic carbocycles. The van der Waals surface area contributed by atoms with Gasteiger partial charge in [-0.05, 0) is 36.6 Å². The Hall–Kier alpha value is -3.60. The molecular weight excluding hydrogens is 408 g/mol. The third kappa shape index (κ3) is 5.31. The third-order valence-electron chi connectivity index (χ3n) is 4.94. The second-order valence-electron chi connectivity index (χ2n) is 7.22. The molecule has 1 fully saturated rings. The molecule has 1 aliphatic heterocycles. The lowest BCUT2D eigenvalue weighted by Crippen LogP contribution is -2.37. The first-order chi connectivity index (χ1) is 14.8. The third-order valence-corrected chi connectivity index (χ3v) is 4.94. The van der Waals surface area contributed by atoms with Crippen molar-refractivity contribution in [3.63, 3.8) is 0 Å². The number of nitrogens with one attached hydrogen (secondary N) is 1. The lowest BCUT2D eigenvalue weighted by Gasteiger charge is -2.18. The van der Waals surface area contributed by atoms with Crippen LogP contribution in [0.25, 0.3) is 10.4 Å². The van der Waals surface area contributed by atoms with Crippen LogP contribution in [0.2, 0.25) is 0 Å². The minimum absolute atomic E-state index is 0.105. The van der Waals surface area contributed by atoms with Crippen LogP contribution in [0.4, 0.5) is 0 Å². The Morgan fingerprint density at radius 2 is 2.16 bits per heavy atom. The quantitative estimate of drug-likeness (QED) is 0.249. The van der Waals surface area contributed by atoms with Crippen LogP contribution in [0.5, 0.6) is 5.75 Å². The van der Waals surface area contributed by atoms with Crippen molar-refractivity contribution in [3.8, 4) is 5.75 Å². The van der Waals surface area contributed by atoms with Crippen molar-refractivity contribution in [2.45, 2.75) is 44.2 Å². The Labute approximate surface area is 175 Å². The summed E-state index contributed by atoms with van der Waals surface area (Å²) in [6.45, 7) is 1.32. The molecular formula is C19H22N6O6. The van der Waals surface area contributed by atoms with E-state index >= 15 is 0 Å². The highest BCUT2D eigenvalue weighted by molar-refractivity contribution is 5.75. The largest absolute Gasteiger partial charge is 0.508 e. The van der Waals surface area contributed by atoms with Gasteiger partial charge in [-0.3, -0.25) is 19.1 Å². The fourth-order valence-electron chi connectivity index (χ4n) is 3.26. The number of aromatic amines is 1. The van der Waals surface area contributed by atoms with Crippen LogP contribution in [0, 0.1) is 6.92 Å². The molecule has 1 aromatic heterocycles. The smallest absolute Gasteiger partial charge is 0.330 e. The summed E-state index contributed by atoms with van der Waals surface area (Å²) in [7, 11) is 0. The molecule has 2 heterocycles. The van der Waals surface area contributed by atoms with Crippen LogP contribution >= 0.6 is 0 Å². The summed E-state index contributed by atoms with van der Waals surface area (Å²) in [5, 5.41) is 13.0. The summed E-state index contributed by atoms with van der Waals surface area (Å²) in [5.74, 6) is -0.564. The number of esters is 1. The number of H-pyrrole nitrogens is 1. The Morgan fingerprint density at radius 1 is 1.45 bits per heavy atom. The van der Waals surface area contributed by atoms with Crippen molar-refractivity contribution in [3.05, 3.63) is 72.9 Å². The summed E-state index contributed by atoms with van der Waals surface area (Å²) in [6, 6.07) is 4.65. The number of nitrogens with two attached hydrogens (primary N) is 1. The monoisotopic (exact) mass is 430 g/mol. The molecule has 1 aliphatic rings. The number of hydrogen-bond donors (Lipinski definition) is 3. The minimum atomic E-state index is -0.941. The first kappa shape index (κ1) is 22.1. The van der Waals surface area contributed by atoms with Gasteiger partial charge >= 0.3 is 11.7 Å². The number of phenols is 1. The first-order valence-corrected chi connectivity index (χ1v) is 9.50. The van der Waals surface area contributed by atoms with Gasteiger partial charge in [0.2, 0.25) is 0 Å². The molecule has 0 radical (unpaired) electrons. The van der Waals surface area contributed by atoms with Gasteiger partial charge in [-0.25, -0.2) is 4.79 Å².